The Morgan fingerprint density at radius 2 is 1.64 bits per heavy atom. The monoisotopic (exact) mass is 292 g/mol. The second-order valence-corrected chi connectivity index (χ2v) is 6.37. The van der Waals surface area contributed by atoms with Crippen molar-refractivity contribution in [2.75, 3.05) is 0 Å². The first kappa shape index (κ1) is 13.3. The number of imide groups is 1. The SMILES string of the molecule is N#Cc1ccccc1CN1C(=O)[C@@H]2[C@H](C1=O)[C@H]1C=C[C@H]2CC1. The van der Waals surface area contributed by atoms with Gasteiger partial charge in [-0.2, -0.15) is 5.26 Å². The number of hydrogen-bond acceptors (Lipinski definition) is 3. The molecule has 1 aromatic rings. The highest BCUT2D eigenvalue weighted by Crippen LogP contribution is 2.49. The zero-order valence-corrected chi connectivity index (χ0v) is 12.1. The number of nitriles is 1. The summed E-state index contributed by atoms with van der Waals surface area (Å²) in [6.07, 6.45) is 6.24. The number of nitrogens with zero attached hydrogens (tertiary/aromatic N) is 2. The number of hydrogen-bond donors (Lipinski definition) is 0. The van der Waals surface area contributed by atoms with Gasteiger partial charge in [-0.15, -0.1) is 0 Å². The molecular formula is C18H16N2O2. The third-order valence-electron chi connectivity index (χ3n) is 5.32. The Labute approximate surface area is 129 Å². The third-order valence-corrected chi connectivity index (χ3v) is 5.32. The fourth-order valence-electron chi connectivity index (χ4n) is 4.23. The van der Waals surface area contributed by atoms with Crippen LogP contribution in [0.1, 0.15) is 24.0 Å². The standard InChI is InChI=1S/C18H16N2O2/c19-9-13-3-1-2-4-14(13)10-20-17(21)15-11-5-6-12(8-7-11)16(15)18(20)22/h1-6,11-12,15-16H,7-8,10H2/t11-,12-,15-,16+/m0/s1. The van der Waals surface area contributed by atoms with Gasteiger partial charge in [-0.05, 0) is 36.3 Å². The van der Waals surface area contributed by atoms with Gasteiger partial charge in [0.2, 0.25) is 11.8 Å². The van der Waals surface area contributed by atoms with Crippen LogP contribution in [0.3, 0.4) is 0 Å². The smallest absolute Gasteiger partial charge is 0.234 e. The minimum Gasteiger partial charge on any atom is -0.278 e. The first-order valence-electron chi connectivity index (χ1n) is 7.72. The van der Waals surface area contributed by atoms with Crippen molar-refractivity contribution in [1.29, 1.82) is 5.26 Å². The van der Waals surface area contributed by atoms with Crippen LogP contribution in [0, 0.1) is 35.0 Å². The lowest BCUT2D eigenvalue weighted by Crippen LogP contribution is -2.38. The van der Waals surface area contributed by atoms with Crippen molar-refractivity contribution in [2.45, 2.75) is 19.4 Å². The minimum absolute atomic E-state index is 0.0539. The Morgan fingerprint density at radius 3 is 2.18 bits per heavy atom. The normalized spacial score (nSPS) is 32.2. The molecule has 5 rings (SSSR count). The molecule has 2 fully saturated rings. The molecule has 110 valence electrons. The van der Waals surface area contributed by atoms with Gasteiger partial charge in [-0.3, -0.25) is 14.5 Å². The number of amides is 2. The average molecular weight is 292 g/mol. The molecule has 1 saturated carbocycles. The Balaban J connectivity index is 1.66. The average Bonchev–Trinajstić information content (AvgIpc) is 2.83. The van der Waals surface area contributed by atoms with Crippen LogP contribution in [0.15, 0.2) is 36.4 Å². The molecule has 4 nitrogen and oxygen atoms in total. The van der Waals surface area contributed by atoms with Crippen molar-refractivity contribution in [1.82, 2.24) is 4.90 Å². The topological polar surface area (TPSA) is 61.2 Å². The van der Waals surface area contributed by atoms with Crippen LogP contribution in [0.2, 0.25) is 0 Å². The molecule has 1 heterocycles. The summed E-state index contributed by atoms with van der Waals surface area (Å²) >= 11 is 0. The lowest BCUT2D eigenvalue weighted by atomic mass is 9.63. The van der Waals surface area contributed by atoms with Gasteiger partial charge in [-0.1, -0.05) is 30.4 Å². The fourth-order valence-corrected chi connectivity index (χ4v) is 4.23. The van der Waals surface area contributed by atoms with Crippen molar-refractivity contribution in [3.8, 4) is 6.07 Å². The molecule has 1 aliphatic heterocycles. The van der Waals surface area contributed by atoms with Crippen LogP contribution in [-0.4, -0.2) is 16.7 Å². The highest BCUT2D eigenvalue weighted by Gasteiger charge is 2.56. The van der Waals surface area contributed by atoms with Crippen LogP contribution in [0.25, 0.3) is 0 Å². The van der Waals surface area contributed by atoms with E-state index < -0.39 is 0 Å². The quantitative estimate of drug-likeness (QED) is 0.620. The number of allylic oxidation sites excluding steroid dienone is 2. The second kappa shape index (κ2) is 4.81. The molecule has 1 saturated heterocycles. The van der Waals surface area contributed by atoms with E-state index in [-0.39, 0.29) is 42.0 Å². The van der Waals surface area contributed by atoms with Gasteiger partial charge in [0.1, 0.15) is 0 Å². The third kappa shape index (κ3) is 1.75. The van der Waals surface area contributed by atoms with Gasteiger partial charge in [0.15, 0.2) is 0 Å². The van der Waals surface area contributed by atoms with Crippen LogP contribution >= 0.6 is 0 Å². The largest absolute Gasteiger partial charge is 0.278 e. The predicted molar refractivity (Wildman–Crippen MR) is 79.0 cm³/mol. The summed E-state index contributed by atoms with van der Waals surface area (Å²) in [4.78, 5) is 26.8. The molecule has 4 atom stereocenters. The molecule has 2 bridgehead atoms. The number of rotatable bonds is 2. The Bertz CT molecular complexity index is 699. The zero-order valence-electron chi connectivity index (χ0n) is 12.1. The van der Waals surface area contributed by atoms with Crippen LogP contribution < -0.4 is 0 Å². The van der Waals surface area contributed by atoms with Gasteiger partial charge >= 0.3 is 0 Å². The van der Waals surface area contributed by atoms with Gasteiger partial charge < -0.3 is 0 Å². The van der Waals surface area contributed by atoms with E-state index in [1.165, 1.54) is 4.90 Å². The molecule has 0 aromatic heterocycles. The van der Waals surface area contributed by atoms with Crippen molar-refractivity contribution in [3.05, 3.63) is 47.5 Å². The maximum atomic E-state index is 12.7. The Morgan fingerprint density at radius 1 is 1.05 bits per heavy atom. The van der Waals surface area contributed by atoms with E-state index in [2.05, 4.69) is 18.2 Å². The van der Waals surface area contributed by atoms with Crippen LogP contribution in [-0.2, 0) is 16.1 Å². The lowest BCUT2D eigenvalue weighted by Gasteiger charge is -2.38. The van der Waals surface area contributed by atoms with Gasteiger partial charge in [0, 0.05) is 0 Å². The molecule has 4 aliphatic rings. The molecule has 1 aromatic carbocycles. The van der Waals surface area contributed by atoms with Crippen LogP contribution in [0.5, 0.6) is 0 Å². The van der Waals surface area contributed by atoms with Gasteiger partial charge in [0.05, 0.1) is 30.0 Å². The van der Waals surface area contributed by atoms with E-state index in [0.29, 0.717) is 5.56 Å². The number of likely N-dealkylation sites (tertiary alicyclic amines) is 1. The number of carbonyl (C=O) groups excluding carboxylic acids is 2. The highest BCUT2D eigenvalue weighted by atomic mass is 16.2. The molecule has 0 unspecified atom stereocenters. The van der Waals surface area contributed by atoms with Crippen molar-refractivity contribution in [3.63, 3.8) is 0 Å². The highest BCUT2D eigenvalue weighted by molar-refractivity contribution is 6.06. The molecule has 0 radical (unpaired) electrons. The first-order valence-corrected chi connectivity index (χ1v) is 7.72. The maximum Gasteiger partial charge on any atom is 0.234 e. The summed E-state index contributed by atoms with van der Waals surface area (Å²) in [7, 11) is 0. The molecule has 0 spiro atoms. The molecule has 3 aliphatic carbocycles. The summed E-state index contributed by atoms with van der Waals surface area (Å²) in [5.74, 6) is -0.0371. The molecule has 22 heavy (non-hydrogen) atoms. The van der Waals surface area contributed by atoms with Crippen molar-refractivity contribution < 1.29 is 9.59 Å². The van der Waals surface area contributed by atoms with E-state index in [4.69, 9.17) is 0 Å². The van der Waals surface area contributed by atoms with E-state index in [1.807, 2.05) is 12.1 Å². The summed E-state index contributed by atoms with van der Waals surface area (Å²) in [5, 5.41) is 9.18. The summed E-state index contributed by atoms with van der Waals surface area (Å²) in [6, 6.07) is 9.29. The molecule has 2 amide bonds. The van der Waals surface area contributed by atoms with Gasteiger partial charge in [-0.25, -0.2) is 0 Å². The van der Waals surface area contributed by atoms with E-state index in [0.717, 1.165) is 18.4 Å². The summed E-state index contributed by atoms with van der Waals surface area (Å²) in [6.45, 7) is 0.216. The Hall–Kier alpha value is -2.41. The number of benzene rings is 1. The maximum absolute atomic E-state index is 12.7. The van der Waals surface area contributed by atoms with Crippen LogP contribution in [0.4, 0.5) is 0 Å². The van der Waals surface area contributed by atoms with E-state index in [1.54, 1.807) is 12.1 Å². The molecule has 0 N–H and O–H groups in total. The van der Waals surface area contributed by atoms with Crippen molar-refractivity contribution in [2.24, 2.45) is 23.7 Å². The summed E-state index contributed by atoms with van der Waals surface area (Å²) < 4.78 is 0. The minimum atomic E-state index is -0.175. The fraction of sp³-hybridized carbons (Fsp3) is 0.389. The predicted octanol–water partition coefficient (Wildman–Crippen LogP) is 2.26. The zero-order chi connectivity index (χ0) is 15.3. The van der Waals surface area contributed by atoms with Gasteiger partial charge in [0.25, 0.3) is 0 Å². The van der Waals surface area contributed by atoms with E-state index >= 15 is 0 Å². The Kier molecular flexibility index (Phi) is 2.90. The molecule has 4 heteroatoms. The van der Waals surface area contributed by atoms with E-state index in [9.17, 15) is 14.9 Å². The molecular weight excluding hydrogens is 276 g/mol. The number of fused-ring (bicyclic) bond motifs is 1. The summed E-state index contributed by atoms with van der Waals surface area (Å²) in [5.41, 5.74) is 1.27. The second-order valence-electron chi connectivity index (χ2n) is 6.37. The number of carbonyl (C=O) groups is 2. The lowest BCUT2D eigenvalue weighted by molar-refractivity contribution is -0.140. The van der Waals surface area contributed by atoms with Crippen molar-refractivity contribution >= 4 is 11.8 Å². The first-order chi connectivity index (χ1) is 10.7.